The van der Waals surface area contributed by atoms with Gasteiger partial charge in [0, 0.05) is 18.6 Å². The van der Waals surface area contributed by atoms with Gasteiger partial charge in [0.15, 0.2) is 0 Å². The van der Waals surface area contributed by atoms with Crippen LogP contribution in [-0.4, -0.2) is 43.1 Å². The first-order chi connectivity index (χ1) is 8.10. The van der Waals surface area contributed by atoms with Crippen molar-refractivity contribution >= 4 is 5.84 Å². The van der Waals surface area contributed by atoms with Gasteiger partial charge in [0.2, 0.25) is 0 Å². The van der Waals surface area contributed by atoms with E-state index in [-0.39, 0.29) is 5.41 Å². The zero-order chi connectivity index (χ0) is 12.3. The molecule has 0 aliphatic carbocycles. The Morgan fingerprint density at radius 3 is 2.65 bits per heavy atom. The number of nitrogens with two attached hydrogens (primary N) is 1. The van der Waals surface area contributed by atoms with E-state index < -0.39 is 0 Å². The van der Waals surface area contributed by atoms with E-state index in [2.05, 4.69) is 11.8 Å². The molecule has 2 saturated heterocycles. The molecule has 4 nitrogen and oxygen atoms in total. The summed E-state index contributed by atoms with van der Waals surface area (Å²) in [5, 5.41) is 7.64. The van der Waals surface area contributed by atoms with Crippen molar-refractivity contribution in [3.05, 3.63) is 0 Å². The second kappa shape index (κ2) is 5.36. The van der Waals surface area contributed by atoms with E-state index in [1.807, 2.05) is 0 Å². The van der Waals surface area contributed by atoms with Crippen molar-refractivity contribution in [2.45, 2.75) is 45.1 Å². The molecule has 98 valence electrons. The lowest BCUT2D eigenvalue weighted by Gasteiger charge is -2.40. The molecule has 0 amide bonds. The Kier molecular flexibility index (Phi) is 4.05. The quantitative estimate of drug-likeness (QED) is 0.581. The molecule has 2 heterocycles. The molecule has 2 aliphatic rings. The monoisotopic (exact) mass is 239 g/mol. The fourth-order valence-corrected chi connectivity index (χ4v) is 2.74. The number of nitrogens with zero attached hydrogens (tertiary/aromatic N) is 1. The van der Waals surface area contributed by atoms with Gasteiger partial charge in [-0.1, -0.05) is 6.92 Å². The molecule has 0 radical (unpaired) electrons. The average Bonchev–Trinajstić information content (AvgIpc) is 2.33. The van der Waals surface area contributed by atoms with Crippen molar-refractivity contribution in [3.63, 3.8) is 0 Å². The van der Waals surface area contributed by atoms with Crippen LogP contribution in [0.3, 0.4) is 0 Å². The van der Waals surface area contributed by atoms with E-state index in [9.17, 15) is 0 Å². The summed E-state index contributed by atoms with van der Waals surface area (Å²) in [7, 11) is 0. The molecule has 3 N–H and O–H groups in total. The van der Waals surface area contributed by atoms with Gasteiger partial charge in [0.1, 0.15) is 0 Å². The molecule has 17 heavy (non-hydrogen) atoms. The number of hydrogen-bond acceptors (Lipinski definition) is 3. The van der Waals surface area contributed by atoms with Gasteiger partial charge >= 0.3 is 0 Å². The van der Waals surface area contributed by atoms with E-state index >= 15 is 0 Å². The molecule has 4 heteroatoms. The lowest BCUT2D eigenvalue weighted by molar-refractivity contribution is -0.0128. The first-order valence-corrected chi connectivity index (χ1v) is 6.79. The summed E-state index contributed by atoms with van der Waals surface area (Å²) >= 11 is 0. The van der Waals surface area contributed by atoms with E-state index in [1.165, 1.54) is 19.3 Å². The van der Waals surface area contributed by atoms with Crippen molar-refractivity contribution in [2.75, 3.05) is 26.2 Å². The Labute approximate surface area is 104 Å². The Balaban J connectivity index is 1.77. The molecule has 0 aromatic rings. The highest BCUT2D eigenvalue weighted by Gasteiger charge is 2.33. The molecule has 0 spiro atoms. The summed E-state index contributed by atoms with van der Waals surface area (Å²) in [4.78, 5) is 2.47. The molecule has 2 aliphatic heterocycles. The van der Waals surface area contributed by atoms with E-state index in [1.54, 1.807) is 0 Å². The second-order valence-electron chi connectivity index (χ2n) is 5.76. The van der Waals surface area contributed by atoms with Gasteiger partial charge in [-0.25, -0.2) is 0 Å². The lowest BCUT2D eigenvalue weighted by Crippen LogP contribution is -2.47. The van der Waals surface area contributed by atoms with Gasteiger partial charge in [-0.3, -0.25) is 5.41 Å². The maximum atomic E-state index is 7.64. The SMILES string of the molecule is CC1(C(=N)N)CCN(CC2CCCCO2)CC1. The smallest absolute Gasteiger partial charge is 0.0966 e. The molecule has 1 atom stereocenters. The third-order valence-electron chi connectivity index (χ3n) is 4.35. The first kappa shape index (κ1) is 12.8. The summed E-state index contributed by atoms with van der Waals surface area (Å²) in [5.74, 6) is 0.353. The molecular formula is C13H25N3O. The van der Waals surface area contributed by atoms with Crippen molar-refractivity contribution in [1.82, 2.24) is 4.90 Å². The first-order valence-electron chi connectivity index (χ1n) is 6.79. The van der Waals surface area contributed by atoms with Crippen molar-refractivity contribution < 1.29 is 4.74 Å². The van der Waals surface area contributed by atoms with Crippen molar-refractivity contribution in [1.29, 1.82) is 5.41 Å². The van der Waals surface area contributed by atoms with Gasteiger partial charge in [-0.15, -0.1) is 0 Å². The molecule has 0 aromatic heterocycles. The van der Waals surface area contributed by atoms with Crippen molar-refractivity contribution in [3.8, 4) is 0 Å². The summed E-state index contributed by atoms with van der Waals surface area (Å²) in [6, 6.07) is 0. The number of piperidine rings is 1. The summed E-state index contributed by atoms with van der Waals surface area (Å²) in [6.45, 7) is 6.22. The fourth-order valence-electron chi connectivity index (χ4n) is 2.74. The summed E-state index contributed by atoms with van der Waals surface area (Å²) in [6.07, 6.45) is 6.19. The van der Waals surface area contributed by atoms with Crippen LogP contribution in [0.25, 0.3) is 0 Å². The van der Waals surface area contributed by atoms with Gasteiger partial charge in [0.25, 0.3) is 0 Å². The number of likely N-dealkylation sites (tertiary alicyclic amines) is 1. The number of amidine groups is 1. The zero-order valence-electron chi connectivity index (χ0n) is 10.9. The minimum Gasteiger partial charge on any atom is -0.387 e. The summed E-state index contributed by atoms with van der Waals surface area (Å²) < 4.78 is 5.77. The van der Waals surface area contributed by atoms with E-state index in [4.69, 9.17) is 15.9 Å². The number of ether oxygens (including phenoxy) is 1. The molecule has 2 rings (SSSR count). The van der Waals surface area contributed by atoms with Crippen molar-refractivity contribution in [2.24, 2.45) is 11.1 Å². The van der Waals surface area contributed by atoms with Crippen LogP contribution in [0.5, 0.6) is 0 Å². The highest BCUT2D eigenvalue weighted by molar-refractivity contribution is 5.83. The number of hydrogen-bond donors (Lipinski definition) is 2. The maximum Gasteiger partial charge on any atom is 0.0966 e. The molecule has 1 unspecified atom stereocenters. The van der Waals surface area contributed by atoms with Crippen LogP contribution < -0.4 is 5.73 Å². The predicted molar refractivity (Wildman–Crippen MR) is 69.3 cm³/mol. The minimum atomic E-state index is -0.0656. The van der Waals surface area contributed by atoms with Crippen LogP contribution in [-0.2, 0) is 4.74 Å². The molecule has 0 aromatic carbocycles. The Hall–Kier alpha value is -0.610. The highest BCUT2D eigenvalue weighted by Crippen LogP contribution is 2.30. The molecule has 0 bridgehead atoms. The third kappa shape index (κ3) is 3.19. The molecule has 0 saturated carbocycles. The van der Waals surface area contributed by atoms with Crippen LogP contribution in [0.2, 0.25) is 0 Å². The van der Waals surface area contributed by atoms with Crippen LogP contribution in [0, 0.1) is 10.8 Å². The lowest BCUT2D eigenvalue weighted by atomic mass is 9.79. The van der Waals surface area contributed by atoms with Gasteiger partial charge in [0.05, 0.1) is 11.9 Å². The minimum absolute atomic E-state index is 0.0656. The average molecular weight is 239 g/mol. The normalized spacial score (nSPS) is 30.1. The largest absolute Gasteiger partial charge is 0.387 e. The topological polar surface area (TPSA) is 62.3 Å². The highest BCUT2D eigenvalue weighted by atomic mass is 16.5. The van der Waals surface area contributed by atoms with Crippen LogP contribution in [0.1, 0.15) is 39.0 Å². The standard InChI is InChI=1S/C13H25N3O/c1-13(12(14)15)5-7-16(8-6-13)10-11-4-2-3-9-17-11/h11H,2-10H2,1H3,(H3,14,15). The van der Waals surface area contributed by atoms with Gasteiger partial charge in [-0.2, -0.15) is 0 Å². The third-order valence-corrected chi connectivity index (χ3v) is 4.35. The number of rotatable bonds is 3. The Morgan fingerprint density at radius 2 is 2.12 bits per heavy atom. The zero-order valence-corrected chi connectivity index (χ0v) is 10.9. The number of nitrogens with one attached hydrogen (secondary N) is 1. The van der Waals surface area contributed by atoms with E-state index in [0.717, 1.165) is 39.1 Å². The molecular weight excluding hydrogens is 214 g/mol. The fraction of sp³-hybridized carbons (Fsp3) is 0.923. The van der Waals surface area contributed by atoms with Gasteiger partial charge in [-0.05, 0) is 45.2 Å². The van der Waals surface area contributed by atoms with Crippen LogP contribution in [0.15, 0.2) is 0 Å². The summed E-state index contributed by atoms with van der Waals surface area (Å²) in [5.41, 5.74) is 5.61. The second-order valence-corrected chi connectivity index (χ2v) is 5.76. The molecule has 2 fully saturated rings. The predicted octanol–water partition coefficient (Wildman–Crippen LogP) is 1.59. The van der Waals surface area contributed by atoms with Crippen LogP contribution in [0.4, 0.5) is 0 Å². The van der Waals surface area contributed by atoms with Gasteiger partial charge < -0.3 is 15.4 Å². The Morgan fingerprint density at radius 1 is 1.41 bits per heavy atom. The maximum absolute atomic E-state index is 7.64. The van der Waals surface area contributed by atoms with E-state index in [0.29, 0.717) is 11.9 Å². The Bertz CT molecular complexity index is 266. The van der Waals surface area contributed by atoms with Crippen LogP contribution >= 0.6 is 0 Å².